The lowest BCUT2D eigenvalue weighted by Crippen LogP contribution is -2.58. The van der Waals surface area contributed by atoms with Crippen molar-refractivity contribution in [1.29, 1.82) is 0 Å². The fraction of sp³-hybridized carbons (Fsp3) is 0.769. The lowest BCUT2D eigenvalue weighted by Gasteiger charge is -2.61. The minimum absolute atomic E-state index is 0.0471. The number of epoxide rings is 1. The molecule has 4 saturated carbocycles. The molecule has 6 nitrogen and oxygen atoms in total. The molecule has 2 heterocycles. The number of hydrogen-bond donors (Lipinski definition) is 1. The zero-order valence-corrected chi connectivity index (χ0v) is 19.2. The van der Waals surface area contributed by atoms with E-state index < -0.39 is 0 Å². The van der Waals surface area contributed by atoms with Gasteiger partial charge in [0.2, 0.25) is 0 Å². The van der Waals surface area contributed by atoms with Crippen molar-refractivity contribution in [2.24, 2.45) is 28.6 Å². The first kappa shape index (κ1) is 20.9. The summed E-state index contributed by atoms with van der Waals surface area (Å²) in [4.78, 5) is 23.7. The van der Waals surface area contributed by atoms with Crippen molar-refractivity contribution in [1.82, 2.24) is 0 Å². The van der Waals surface area contributed by atoms with Crippen LogP contribution in [0.3, 0.4) is 0 Å². The third kappa shape index (κ3) is 2.54. The molecule has 1 aromatic heterocycles. The van der Waals surface area contributed by atoms with Crippen molar-refractivity contribution in [2.45, 2.75) is 95.5 Å². The van der Waals surface area contributed by atoms with Crippen molar-refractivity contribution in [3.05, 3.63) is 34.4 Å². The topological polar surface area (TPSA) is 89.3 Å². The molecule has 4 aliphatic carbocycles. The van der Waals surface area contributed by atoms with E-state index in [1.807, 2.05) is 6.07 Å². The molecule has 1 spiro atoms. The summed E-state index contributed by atoms with van der Waals surface area (Å²) in [6.45, 7) is 6.23. The van der Waals surface area contributed by atoms with E-state index in [9.17, 15) is 14.7 Å². The van der Waals surface area contributed by atoms with Crippen molar-refractivity contribution in [3.8, 4) is 0 Å². The minimum atomic E-state index is -0.369. The highest BCUT2D eigenvalue weighted by Gasteiger charge is 2.84. The van der Waals surface area contributed by atoms with Gasteiger partial charge in [-0.2, -0.15) is 0 Å². The number of carbonyl (C=O) groups is 1. The monoisotopic (exact) mass is 442 g/mol. The molecule has 10 atom stereocenters. The molecule has 0 unspecified atom stereocenters. The Balaban J connectivity index is 1.41. The van der Waals surface area contributed by atoms with Gasteiger partial charge < -0.3 is 19.0 Å². The minimum Gasteiger partial charge on any atom is -0.459 e. The Morgan fingerprint density at radius 2 is 1.94 bits per heavy atom. The molecule has 5 aliphatic rings. The molecule has 1 N–H and O–H groups in total. The van der Waals surface area contributed by atoms with Gasteiger partial charge in [0.25, 0.3) is 0 Å². The van der Waals surface area contributed by atoms with E-state index in [1.165, 1.54) is 13.0 Å². The van der Waals surface area contributed by atoms with E-state index in [4.69, 9.17) is 13.9 Å². The number of carbonyl (C=O) groups excluding carboxylic acids is 1. The normalized spacial score (nSPS) is 51.1. The van der Waals surface area contributed by atoms with E-state index in [1.54, 1.807) is 6.26 Å². The molecule has 1 saturated heterocycles. The fourth-order valence-corrected chi connectivity index (χ4v) is 9.10. The first-order valence-electron chi connectivity index (χ1n) is 12.3. The number of fused-ring (bicyclic) bond motifs is 3. The molecule has 0 bridgehead atoms. The largest absolute Gasteiger partial charge is 0.459 e. The zero-order valence-electron chi connectivity index (χ0n) is 19.2. The van der Waals surface area contributed by atoms with Crippen LogP contribution in [0.2, 0.25) is 0 Å². The summed E-state index contributed by atoms with van der Waals surface area (Å²) in [5.41, 5.74) is 0.319. The summed E-state index contributed by atoms with van der Waals surface area (Å²) in [7, 11) is 0. The maximum absolute atomic E-state index is 12.1. The quantitative estimate of drug-likeness (QED) is 0.554. The Labute approximate surface area is 188 Å². The summed E-state index contributed by atoms with van der Waals surface area (Å²) in [6, 6.07) is 3.30. The van der Waals surface area contributed by atoms with Gasteiger partial charge in [0.05, 0.1) is 12.4 Å². The van der Waals surface area contributed by atoms with Gasteiger partial charge in [-0.15, -0.1) is 0 Å². The predicted octanol–water partition coefficient (Wildman–Crippen LogP) is 3.80. The Hall–Kier alpha value is -1.66. The van der Waals surface area contributed by atoms with E-state index in [2.05, 4.69) is 13.8 Å². The lowest BCUT2D eigenvalue weighted by atomic mass is 9.44. The van der Waals surface area contributed by atoms with Gasteiger partial charge >= 0.3 is 11.6 Å². The van der Waals surface area contributed by atoms with Gasteiger partial charge in [-0.3, -0.25) is 4.79 Å². The van der Waals surface area contributed by atoms with Crippen molar-refractivity contribution < 1.29 is 23.8 Å². The van der Waals surface area contributed by atoms with Crippen LogP contribution in [0.5, 0.6) is 0 Å². The molecule has 6 heteroatoms. The molecule has 32 heavy (non-hydrogen) atoms. The van der Waals surface area contributed by atoms with Gasteiger partial charge in [0.15, 0.2) is 0 Å². The summed E-state index contributed by atoms with van der Waals surface area (Å²) in [5, 5.41) is 10.3. The molecule has 5 fully saturated rings. The maximum Gasteiger partial charge on any atom is 0.335 e. The van der Waals surface area contributed by atoms with Crippen LogP contribution in [-0.2, 0) is 14.3 Å². The van der Waals surface area contributed by atoms with E-state index >= 15 is 0 Å². The van der Waals surface area contributed by atoms with Crippen LogP contribution < -0.4 is 5.63 Å². The Morgan fingerprint density at radius 1 is 1.12 bits per heavy atom. The van der Waals surface area contributed by atoms with Gasteiger partial charge in [0.1, 0.15) is 17.8 Å². The lowest BCUT2D eigenvalue weighted by molar-refractivity contribution is -0.158. The van der Waals surface area contributed by atoms with Crippen LogP contribution >= 0.6 is 0 Å². The molecule has 0 amide bonds. The Kier molecular flexibility index (Phi) is 4.37. The van der Waals surface area contributed by atoms with Gasteiger partial charge in [-0.25, -0.2) is 4.79 Å². The number of ether oxygens (including phenoxy) is 2. The second-order valence-corrected chi connectivity index (χ2v) is 11.6. The van der Waals surface area contributed by atoms with Crippen LogP contribution in [0.1, 0.15) is 77.2 Å². The van der Waals surface area contributed by atoms with Crippen LogP contribution in [0.15, 0.2) is 27.6 Å². The van der Waals surface area contributed by atoms with Crippen LogP contribution in [-0.4, -0.2) is 35.0 Å². The third-order valence-corrected chi connectivity index (χ3v) is 10.5. The number of aliphatic hydroxyl groups is 1. The van der Waals surface area contributed by atoms with Crippen molar-refractivity contribution in [2.75, 3.05) is 0 Å². The smallest absolute Gasteiger partial charge is 0.335 e. The van der Waals surface area contributed by atoms with E-state index in [0.717, 1.165) is 50.5 Å². The van der Waals surface area contributed by atoms with Gasteiger partial charge in [0, 0.05) is 24.3 Å². The van der Waals surface area contributed by atoms with Crippen molar-refractivity contribution >= 4 is 5.97 Å². The number of hydrogen-bond acceptors (Lipinski definition) is 6. The molecular weight excluding hydrogens is 408 g/mol. The molecule has 1 aliphatic heterocycles. The summed E-state index contributed by atoms with van der Waals surface area (Å²) < 4.78 is 17.8. The predicted molar refractivity (Wildman–Crippen MR) is 116 cm³/mol. The fourth-order valence-electron chi connectivity index (χ4n) is 9.10. The Bertz CT molecular complexity index is 982. The molecule has 1 aromatic rings. The van der Waals surface area contributed by atoms with E-state index in [-0.39, 0.29) is 52.3 Å². The second kappa shape index (κ2) is 6.69. The average Bonchev–Trinajstić information content (AvgIpc) is 3.44. The molecule has 174 valence electrons. The average molecular weight is 443 g/mol. The molecule has 6 rings (SSSR count). The molecular formula is C26H34O6. The van der Waals surface area contributed by atoms with Gasteiger partial charge in [-0.1, -0.05) is 13.8 Å². The third-order valence-electron chi connectivity index (χ3n) is 10.5. The van der Waals surface area contributed by atoms with Crippen LogP contribution in [0, 0.1) is 28.6 Å². The SMILES string of the molecule is CC(=O)O[C@H]1[C@H]2O[C@]23[C@@H]2CC[C@@H]4C[C@@H](O)CC[C@@]4(C)[C@H]2CC[C@]3(C)[C@@H]1c1ccc(=O)oc1. The first-order valence-corrected chi connectivity index (χ1v) is 12.3. The molecule has 0 radical (unpaired) electrons. The van der Waals surface area contributed by atoms with Crippen LogP contribution in [0.4, 0.5) is 0 Å². The number of esters is 1. The van der Waals surface area contributed by atoms with Crippen LogP contribution in [0.25, 0.3) is 0 Å². The Morgan fingerprint density at radius 3 is 2.66 bits per heavy atom. The summed E-state index contributed by atoms with van der Waals surface area (Å²) >= 11 is 0. The maximum atomic E-state index is 12.1. The highest BCUT2D eigenvalue weighted by atomic mass is 16.7. The summed E-state index contributed by atoms with van der Waals surface area (Å²) in [6.07, 6.45) is 8.20. The second-order valence-electron chi connectivity index (χ2n) is 11.6. The highest BCUT2D eigenvalue weighted by Crippen LogP contribution is 2.78. The summed E-state index contributed by atoms with van der Waals surface area (Å²) in [5.74, 6) is 1.24. The standard InChI is InChI=1S/C26H34O6/c1-14(27)31-22-21(15-4-7-20(29)30-13-15)25(3)11-9-18-19(26(25)23(22)32-26)6-5-16-12-17(28)8-10-24(16,18)2/h4,7,13,16-19,21-23,28H,5-6,8-12H2,1-3H3/t16-,17+,18+,19-,21-,22-,23-,24-,25-,26-/m1/s1. The number of aliphatic hydroxyl groups excluding tert-OH is 1. The van der Waals surface area contributed by atoms with E-state index in [0.29, 0.717) is 17.8 Å². The number of rotatable bonds is 2. The molecule has 0 aromatic carbocycles. The first-order chi connectivity index (χ1) is 15.2. The zero-order chi connectivity index (χ0) is 22.5. The van der Waals surface area contributed by atoms with Crippen molar-refractivity contribution in [3.63, 3.8) is 0 Å². The highest BCUT2D eigenvalue weighted by molar-refractivity contribution is 5.66. The van der Waals surface area contributed by atoms with Gasteiger partial charge in [-0.05, 0) is 79.7 Å².